The molecule has 0 aliphatic rings. The van der Waals surface area contributed by atoms with Crippen LogP contribution in [0.15, 0.2) is 36.4 Å². The third-order valence-electron chi connectivity index (χ3n) is 3.16. The lowest BCUT2D eigenvalue weighted by atomic mass is 10.2. The highest BCUT2D eigenvalue weighted by Gasteiger charge is 2.17. The van der Waals surface area contributed by atoms with Gasteiger partial charge in [-0.3, -0.25) is 4.57 Å². The molecule has 1 aromatic heterocycles. The molecule has 6 heteroatoms. The van der Waals surface area contributed by atoms with E-state index in [0.717, 1.165) is 5.69 Å². The third kappa shape index (κ3) is 2.61. The molecule has 0 amide bonds. The summed E-state index contributed by atoms with van der Waals surface area (Å²) >= 11 is 18.2. The molecule has 3 aromatic rings. The fourth-order valence-electron chi connectivity index (χ4n) is 2.23. The quantitative estimate of drug-likeness (QED) is 0.540. The van der Waals surface area contributed by atoms with Crippen molar-refractivity contribution in [3.8, 4) is 5.69 Å². The van der Waals surface area contributed by atoms with E-state index in [1.165, 1.54) is 12.1 Å². The van der Waals surface area contributed by atoms with Crippen LogP contribution < -0.4 is 0 Å². The second kappa shape index (κ2) is 5.48. The Balaban J connectivity index is 2.35. The van der Waals surface area contributed by atoms with Gasteiger partial charge in [0.1, 0.15) is 11.6 Å². The van der Waals surface area contributed by atoms with Gasteiger partial charge in [0.25, 0.3) is 0 Å². The average Bonchev–Trinajstić information content (AvgIpc) is 2.80. The predicted octanol–water partition coefficient (Wildman–Crippen LogP) is 5.77. The average molecular weight is 344 g/mol. The molecule has 1 unspecified atom stereocenters. The smallest absolute Gasteiger partial charge is 0.132 e. The van der Waals surface area contributed by atoms with Crippen LogP contribution in [-0.2, 0) is 0 Å². The molecule has 1 heterocycles. The second-order valence-corrected chi connectivity index (χ2v) is 6.12. The maximum atomic E-state index is 13.6. The first-order chi connectivity index (χ1) is 9.97. The normalized spacial score (nSPS) is 12.8. The SMILES string of the molecule is CC(Cl)c1nc2ccc(F)cc2n1-c1ccc(Cl)c(Cl)c1. The lowest BCUT2D eigenvalue weighted by Crippen LogP contribution is -2.02. The molecule has 1 atom stereocenters. The van der Waals surface area contributed by atoms with Gasteiger partial charge in [-0.25, -0.2) is 9.37 Å². The first-order valence-electron chi connectivity index (χ1n) is 6.25. The molecule has 0 N–H and O–H groups in total. The lowest BCUT2D eigenvalue weighted by Gasteiger charge is -2.11. The molecule has 0 saturated carbocycles. The highest BCUT2D eigenvalue weighted by Crippen LogP contribution is 2.31. The zero-order valence-electron chi connectivity index (χ0n) is 10.9. The van der Waals surface area contributed by atoms with Crippen LogP contribution in [0.2, 0.25) is 10.0 Å². The number of hydrogen-bond acceptors (Lipinski definition) is 1. The first kappa shape index (κ1) is 14.6. The summed E-state index contributed by atoms with van der Waals surface area (Å²) in [6.07, 6.45) is 0. The van der Waals surface area contributed by atoms with Crippen LogP contribution in [-0.4, -0.2) is 9.55 Å². The molecule has 0 bridgehead atoms. The zero-order valence-corrected chi connectivity index (χ0v) is 13.2. The molecular weight excluding hydrogens is 334 g/mol. The molecule has 108 valence electrons. The standard InChI is InChI=1S/C15H10Cl3FN2/c1-8(16)15-20-13-5-2-9(19)6-14(13)21(15)10-3-4-11(17)12(18)7-10/h2-8H,1H3. The molecule has 0 spiro atoms. The summed E-state index contributed by atoms with van der Waals surface area (Å²) in [5.41, 5.74) is 2.04. The van der Waals surface area contributed by atoms with E-state index in [1.807, 2.05) is 6.92 Å². The molecule has 0 saturated heterocycles. The minimum absolute atomic E-state index is 0.336. The van der Waals surface area contributed by atoms with Crippen LogP contribution in [0.5, 0.6) is 0 Å². The molecule has 0 aliphatic carbocycles. The van der Waals surface area contributed by atoms with Gasteiger partial charge in [0.2, 0.25) is 0 Å². The van der Waals surface area contributed by atoms with Crippen molar-refractivity contribution >= 4 is 45.8 Å². The van der Waals surface area contributed by atoms with Gasteiger partial charge in [-0.15, -0.1) is 11.6 Å². The van der Waals surface area contributed by atoms with Crippen molar-refractivity contribution in [1.82, 2.24) is 9.55 Å². The Bertz CT molecular complexity index is 827. The summed E-state index contributed by atoms with van der Waals surface area (Å²) in [5, 5.41) is 0.534. The van der Waals surface area contributed by atoms with E-state index >= 15 is 0 Å². The fraction of sp³-hybridized carbons (Fsp3) is 0.133. The Morgan fingerprint density at radius 3 is 2.52 bits per heavy atom. The van der Waals surface area contributed by atoms with Gasteiger partial charge in [0.05, 0.1) is 26.5 Å². The molecule has 0 aliphatic heterocycles. The fourth-order valence-corrected chi connectivity index (χ4v) is 2.67. The predicted molar refractivity (Wildman–Crippen MR) is 85.3 cm³/mol. The Hall–Kier alpha value is -1.29. The van der Waals surface area contributed by atoms with Crippen molar-refractivity contribution in [2.24, 2.45) is 0 Å². The van der Waals surface area contributed by atoms with Crippen molar-refractivity contribution in [3.05, 3.63) is 58.1 Å². The molecule has 0 fully saturated rings. The number of halogens is 4. The Morgan fingerprint density at radius 1 is 1.10 bits per heavy atom. The van der Waals surface area contributed by atoms with Crippen molar-refractivity contribution < 1.29 is 4.39 Å². The number of aromatic nitrogens is 2. The van der Waals surface area contributed by atoms with Gasteiger partial charge in [0, 0.05) is 11.8 Å². The summed E-state index contributed by atoms with van der Waals surface area (Å²) in [5.74, 6) is 0.285. The largest absolute Gasteiger partial charge is 0.295 e. The molecular formula is C15H10Cl3FN2. The number of hydrogen-bond donors (Lipinski definition) is 0. The van der Waals surface area contributed by atoms with Crippen LogP contribution in [0.4, 0.5) is 4.39 Å². The van der Waals surface area contributed by atoms with E-state index in [-0.39, 0.29) is 11.2 Å². The van der Waals surface area contributed by atoms with Crippen LogP contribution in [0.1, 0.15) is 18.1 Å². The number of imidazole rings is 1. The van der Waals surface area contributed by atoms with E-state index in [2.05, 4.69) is 4.98 Å². The van der Waals surface area contributed by atoms with Crippen LogP contribution in [0.25, 0.3) is 16.7 Å². The van der Waals surface area contributed by atoms with Gasteiger partial charge in [-0.1, -0.05) is 23.2 Å². The maximum absolute atomic E-state index is 13.6. The van der Waals surface area contributed by atoms with Gasteiger partial charge in [-0.2, -0.15) is 0 Å². The van der Waals surface area contributed by atoms with E-state index in [1.54, 1.807) is 28.8 Å². The van der Waals surface area contributed by atoms with Crippen molar-refractivity contribution in [1.29, 1.82) is 0 Å². The first-order valence-corrected chi connectivity index (χ1v) is 7.44. The van der Waals surface area contributed by atoms with Crippen LogP contribution in [0.3, 0.4) is 0 Å². The summed E-state index contributed by atoms with van der Waals surface area (Å²) in [6.45, 7) is 1.81. The number of nitrogens with zero attached hydrogens (tertiary/aromatic N) is 2. The van der Waals surface area contributed by atoms with E-state index < -0.39 is 0 Å². The topological polar surface area (TPSA) is 17.8 Å². The minimum atomic E-state index is -0.338. The van der Waals surface area contributed by atoms with Gasteiger partial charge in [-0.05, 0) is 37.3 Å². The monoisotopic (exact) mass is 342 g/mol. The number of alkyl halides is 1. The third-order valence-corrected chi connectivity index (χ3v) is 4.09. The van der Waals surface area contributed by atoms with Crippen LogP contribution >= 0.6 is 34.8 Å². The molecule has 21 heavy (non-hydrogen) atoms. The lowest BCUT2D eigenvalue weighted by molar-refractivity contribution is 0.629. The Morgan fingerprint density at radius 2 is 1.86 bits per heavy atom. The summed E-state index contributed by atoms with van der Waals surface area (Å²) in [4.78, 5) is 4.47. The van der Waals surface area contributed by atoms with E-state index in [9.17, 15) is 4.39 Å². The van der Waals surface area contributed by atoms with E-state index in [0.29, 0.717) is 26.9 Å². The summed E-state index contributed by atoms with van der Waals surface area (Å²) in [7, 11) is 0. The summed E-state index contributed by atoms with van der Waals surface area (Å²) < 4.78 is 15.4. The summed E-state index contributed by atoms with van der Waals surface area (Å²) in [6, 6.07) is 9.61. The van der Waals surface area contributed by atoms with Gasteiger partial charge in [0.15, 0.2) is 0 Å². The molecule has 0 radical (unpaired) electrons. The minimum Gasteiger partial charge on any atom is -0.295 e. The molecule has 2 nitrogen and oxygen atoms in total. The van der Waals surface area contributed by atoms with Crippen molar-refractivity contribution in [2.45, 2.75) is 12.3 Å². The Labute approximate surface area is 136 Å². The maximum Gasteiger partial charge on any atom is 0.132 e. The number of fused-ring (bicyclic) bond motifs is 1. The molecule has 3 rings (SSSR count). The highest BCUT2D eigenvalue weighted by molar-refractivity contribution is 6.42. The second-order valence-electron chi connectivity index (χ2n) is 4.65. The van der Waals surface area contributed by atoms with Crippen LogP contribution in [0, 0.1) is 5.82 Å². The van der Waals surface area contributed by atoms with Crippen molar-refractivity contribution in [2.75, 3.05) is 0 Å². The van der Waals surface area contributed by atoms with Gasteiger partial charge >= 0.3 is 0 Å². The number of benzene rings is 2. The van der Waals surface area contributed by atoms with Crippen molar-refractivity contribution in [3.63, 3.8) is 0 Å². The van der Waals surface area contributed by atoms with E-state index in [4.69, 9.17) is 34.8 Å². The van der Waals surface area contributed by atoms with Gasteiger partial charge < -0.3 is 0 Å². The molecule has 2 aromatic carbocycles. The number of rotatable bonds is 2. The highest BCUT2D eigenvalue weighted by atomic mass is 35.5. The Kier molecular flexibility index (Phi) is 3.82. The zero-order chi connectivity index (χ0) is 15.1.